The van der Waals surface area contributed by atoms with Crippen LogP contribution >= 0.6 is 0 Å². The molecule has 3 heteroatoms. The Morgan fingerprint density at radius 2 is 1.15 bits per heavy atom. The Morgan fingerprint density at radius 3 is 1.31 bits per heavy atom. The molecule has 0 aromatic carbocycles. The topological polar surface area (TPSA) is 18.5 Å². The summed E-state index contributed by atoms with van der Waals surface area (Å²) in [4.78, 5) is 0. The molecule has 0 aromatic rings. The molecule has 0 fully saturated rings. The van der Waals surface area contributed by atoms with Gasteiger partial charge >= 0.3 is 88.8 Å². The van der Waals surface area contributed by atoms with Crippen LogP contribution in [-0.2, 0) is 26.8 Å². The average Bonchev–Trinajstić information content (AvgIpc) is 2.03. The Balaban J connectivity index is 4.59. The Hall–Kier alpha value is 0.803. The van der Waals surface area contributed by atoms with E-state index in [0.29, 0.717) is 7.25 Å². The number of rotatable bonds is 6. The summed E-state index contributed by atoms with van der Waals surface area (Å²) in [6.07, 6.45) is 0. The minimum absolute atomic E-state index is 0.592. The van der Waals surface area contributed by atoms with E-state index in [0.717, 1.165) is 13.2 Å². The first-order valence-corrected chi connectivity index (χ1v) is 10.1. The molecule has 2 nitrogen and oxygen atoms in total. The van der Waals surface area contributed by atoms with Crippen molar-refractivity contribution in [3.8, 4) is 0 Å². The van der Waals surface area contributed by atoms with Gasteiger partial charge in [0.2, 0.25) is 0 Å². The van der Waals surface area contributed by atoms with Crippen LogP contribution in [0.15, 0.2) is 0 Å². The molecule has 0 radical (unpaired) electrons. The Labute approximate surface area is 88.6 Å². The second-order valence-corrected chi connectivity index (χ2v) is 14.5. The van der Waals surface area contributed by atoms with E-state index in [9.17, 15) is 0 Å². The molecule has 80 valence electrons. The zero-order valence-corrected chi connectivity index (χ0v) is 12.3. The maximum atomic E-state index is 5.98. The van der Waals surface area contributed by atoms with Crippen molar-refractivity contribution in [2.45, 2.75) is 48.8 Å². The van der Waals surface area contributed by atoms with Crippen molar-refractivity contribution in [2.24, 2.45) is 0 Å². The molecule has 0 rings (SSSR count). The summed E-state index contributed by atoms with van der Waals surface area (Å²) in [6, 6.07) is 0. The third-order valence-corrected chi connectivity index (χ3v) is 13.9. The van der Waals surface area contributed by atoms with E-state index >= 15 is 0 Å². The first-order valence-electron chi connectivity index (χ1n) is 5.29. The van der Waals surface area contributed by atoms with Gasteiger partial charge in [0, 0.05) is 0 Å². The van der Waals surface area contributed by atoms with Crippen LogP contribution in [0.2, 0.25) is 7.25 Å². The van der Waals surface area contributed by atoms with Crippen LogP contribution in [-0.4, -0.2) is 13.2 Å². The summed E-state index contributed by atoms with van der Waals surface area (Å²) in [5.41, 5.74) is 0. The van der Waals surface area contributed by atoms with E-state index in [-0.39, 0.29) is 0 Å². The van der Waals surface area contributed by atoms with E-state index in [4.69, 9.17) is 5.63 Å². The molecule has 0 spiro atoms. The molecule has 0 aliphatic carbocycles. The van der Waals surface area contributed by atoms with Crippen molar-refractivity contribution < 1.29 is 26.8 Å². The van der Waals surface area contributed by atoms with Gasteiger partial charge in [0.15, 0.2) is 0 Å². The van der Waals surface area contributed by atoms with Gasteiger partial charge in [-0.15, -0.1) is 0 Å². The summed E-state index contributed by atoms with van der Waals surface area (Å²) >= 11 is -2.74. The quantitative estimate of drug-likeness (QED) is 0.730. The predicted octanol–water partition coefficient (Wildman–Crippen LogP) is 3.70. The molecule has 0 saturated carbocycles. The van der Waals surface area contributed by atoms with Crippen molar-refractivity contribution in [3.05, 3.63) is 0 Å². The summed E-state index contributed by atoms with van der Waals surface area (Å²) in [6.45, 7) is 14.7. The summed E-state index contributed by atoms with van der Waals surface area (Å²) in [5, 5.41) is 0. The van der Waals surface area contributed by atoms with E-state index in [1.54, 1.807) is 0 Å². The molecule has 0 unspecified atom stereocenters. The fourth-order valence-corrected chi connectivity index (χ4v) is 10.8. The van der Waals surface area contributed by atoms with Crippen LogP contribution in [0.1, 0.15) is 41.5 Å². The fraction of sp³-hybridized carbons (Fsp3) is 1.00. The zero-order valence-electron chi connectivity index (χ0n) is 9.89. The van der Waals surface area contributed by atoms with Gasteiger partial charge in [-0.05, 0) is 0 Å². The Bertz CT molecular complexity index is 119. The van der Waals surface area contributed by atoms with Crippen molar-refractivity contribution in [1.29, 1.82) is 0 Å². The summed E-state index contributed by atoms with van der Waals surface area (Å²) < 4.78 is 13.1. The van der Waals surface area contributed by atoms with Crippen LogP contribution in [0.5, 0.6) is 0 Å². The molecule has 13 heavy (non-hydrogen) atoms. The third-order valence-electron chi connectivity index (χ3n) is 2.35. The minimum atomic E-state index is -2.74. The average molecular weight is 268 g/mol. The molecule has 0 aliphatic rings. The molecule has 0 amide bonds. The SMILES string of the molecule is CC[O][Zr]([O]CC)([CH](C)C)[CH](C)C. The van der Waals surface area contributed by atoms with Gasteiger partial charge < -0.3 is 0 Å². The van der Waals surface area contributed by atoms with Crippen molar-refractivity contribution in [1.82, 2.24) is 0 Å². The van der Waals surface area contributed by atoms with Gasteiger partial charge in [0.05, 0.1) is 0 Å². The fourth-order valence-electron chi connectivity index (χ4n) is 1.83. The van der Waals surface area contributed by atoms with E-state index in [1.165, 1.54) is 0 Å². The van der Waals surface area contributed by atoms with Gasteiger partial charge in [-0.2, -0.15) is 0 Å². The second-order valence-electron chi connectivity index (χ2n) is 3.90. The first kappa shape index (κ1) is 13.8. The first-order chi connectivity index (χ1) is 6.01. The predicted molar refractivity (Wildman–Crippen MR) is 53.4 cm³/mol. The monoisotopic (exact) mass is 266 g/mol. The van der Waals surface area contributed by atoms with Crippen LogP contribution in [0.25, 0.3) is 0 Å². The molecule has 0 N–H and O–H groups in total. The molecule has 0 heterocycles. The van der Waals surface area contributed by atoms with E-state index < -0.39 is 21.1 Å². The van der Waals surface area contributed by atoms with Crippen LogP contribution in [0, 0.1) is 0 Å². The van der Waals surface area contributed by atoms with Crippen LogP contribution in [0.4, 0.5) is 0 Å². The normalized spacial score (nSPS) is 12.9. The van der Waals surface area contributed by atoms with Crippen molar-refractivity contribution in [2.75, 3.05) is 13.2 Å². The third kappa shape index (κ3) is 3.45. The Kier molecular flexibility index (Phi) is 6.71. The zero-order chi connectivity index (χ0) is 10.5. The van der Waals surface area contributed by atoms with Gasteiger partial charge in [-0.25, -0.2) is 0 Å². The molecule has 0 atom stereocenters. The Morgan fingerprint density at radius 1 is 0.846 bits per heavy atom. The second kappa shape index (κ2) is 6.32. The number of hydrogen-bond donors (Lipinski definition) is 0. The molecular weight excluding hydrogens is 243 g/mol. The number of hydrogen-bond acceptors (Lipinski definition) is 2. The molecule has 0 saturated heterocycles. The standard InChI is InChI=1S/2C3H7.2C2H5O.Zr/c2*1-3-2;2*1-2-3;/h2*3H,1-2H3;2*2H2,1H3;/q;;2*-1;+2. The van der Waals surface area contributed by atoms with Crippen LogP contribution in [0.3, 0.4) is 0 Å². The van der Waals surface area contributed by atoms with E-state index in [2.05, 4.69) is 41.5 Å². The molecule has 0 bridgehead atoms. The molecule has 0 aromatic heterocycles. The van der Waals surface area contributed by atoms with E-state index in [1.807, 2.05) is 0 Å². The van der Waals surface area contributed by atoms with Crippen molar-refractivity contribution >= 4 is 0 Å². The van der Waals surface area contributed by atoms with Crippen molar-refractivity contribution in [3.63, 3.8) is 0 Å². The van der Waals surface area contributed by atoms with Gasteiger partial charge in [-0.3, -0.25) is 0 Å². The molecule has 0 aliphatic heterocycles. The maximum absolute atomic E-state index is 5.98. The molecular formula is C10H24O2Zr. The summed E-state index contributed by atoms with van der Waals surface area (Å²) in [7, 11) is 0. The van der Waals surface area contributed by atoms with Gasteiger partial charge in [-0.1, -0.05) is 0 Å². The van der Waals surface area contributed by atoms with Crippen LogP contribution < -0.4 is 0 Å². The van der Waals surface area contributed by atoms with Gasteiger partial charge in [0.25, 0.3) is 0 Å². The summed E-state index contributed by atoms with van der Waals surface area (Å²) in [5.74, 6) is 0. The van der Waals surface area contributed by atoms with Gasteiger partial charge in [0.1, 0.15) is 0 Å².